The van der Waals surface area contributed by atoms with Gasteiger partial charge >= 0.3 is 0 Å². The SMILES string of the molecule is Cl.Cl.Cn1cc(CNC(=O)c2cc(N)n(C)n2)cn1. The standard InChI is InChI=1S/C10H14N6O.2ClH/c1-15-6-7(5-13-15)4-12-10(17)8-3-9(11)16(2)14-8;;/h3,5-6H,4,11H2,1-2H3,(H,12,17);2*1H. The smallest absolute Gasteiger partial charge is 0.272 e. The van der Waals surface area contributed by atoms with Gasteiger partial charge in [-0.2, -0.15) is 10.2 Å². The van der Waals surface area contributed by atoms with Crippen LogP contribution in [0.2, 0.25) is 0 Å². The molecule has 0 saturated carbocycles. The van der Waals surface area contributed by atoms with Gasteiger partial charge in [0.2, 0.25) is 0 Å². The monoisotopic (exact) mass is 306 g/mol. The van der Waals surface area contributed by atoms with Gasteiger partial charge in [-0.25, -0.2) is 0 Å². The Morgan fingerprint density at radius 1 is 1.42 bits per heavy atom. The molecule has 0 atom stereocenters. The van der Waals surface area contributed by atoms with E-state index in [0.29, 0.717) is 18.1 Å². The van der Waals surface area contributed by atoms with Crippen LogP contribution in [0.15, 0.2) is 18.5 Å². The molecule has 0 radical (unpaired) electrons. The largest absolute Gasteiger partial charge is 0.384 e. The molecule has 0 saturated heterocycles. The van der Waals surface area contributed by atoms with Crippen LogP contribution in [-0.4, -0.2) is 25.5 Å². The van der Waals surface area contributed by atoms with Crippen LogP contribution in [0, 0.1) is 0 Å². The molecule has 7 nitrogen and oxygen atoms in total. The lowest BCUT2D eigenvalue weighted by Crippen LogP contribution is -2.23. The molecule has 2 aromatic heterocycles. The first-order chi connectivity index (χ1) is 8.06. The number of aromatic nitrogens is 4. The maximum atomic E-state index is 11.7. The van der Waals surface area contributed by atoms with E-state index < -0.39 is 0 Å². The minimum atomic E-state index is -0.249. The first-order valence-corrected chi connectivity index (χ1v) is 5.11. The van der Waals surface area contributed by atoms with E-state index in [2.05, 4.69) is 15.5 Å². The first-order valence-electron chi connectivity index (χ1n) is 5.11. The Balaban J connectivity index is 0.00000162. The van der Waals surface area contributed by atoms with Crippen molar-refractivity contribution in [1.82, 2.24) is 24.9 Å². The average molecular weight is 307 g/mol. The van der Waals surface area contributed by atoms with Crippen molar-refractivity contribution in [2.45, 2.75) is 6.54 Å². The van der Waals surface area contributed by atoms with Crippen molar-refractivity contribution in [2.75, 3.05) is 5.73 Å². The van der Waals surface area contributed by atoms with Crippen LogP contribution < -0.4 is 11.1 Å². The summed E-state index contributed by atoms with van der Waals surface area (Å²) in [5.41, 5.74) is 6.84. The minimum absolute atomic E-state index is 0. The predicted octanol–water partition coefficient (Wildman–Crippen LogP) is 0.509. The van der Waals surface area contributed by atoms with Gasteiger partial charge in [0.15, 0.2) is 5.69 Å². The fourth-order valence-electron chi connectivity index (χ4n) is 1.43. The summed E-state index contributed by atoms with van der Waals surface area (Å²) in [5.74, 6) is 0.206. The molecule has 0 bridgehead atoms. The van der Waals surface area contributed by atoms with Crippen molar-refractivity contribution in [2.24, 2.45) is 14.1 Å². The van der Waals surface area contributed by atoms with Gasteiger partial charge in [-0.05, 0) is 0 Å². The Morgan fingerprint density at radius 2 is 2.11 bits per heavy atom. The lowest BCUT2D eigenvalue weighted by Gasteiger charge is -1.99. The highest BCUT2D eigenvalue weighted by Crippen LogP contribution is 2.04. The van der Waals surface area contributed by atoms with Gasteiger partial charge in [-0.15, -0.1) is 24.8 Å². The molecule has 0 aliphatic carbocycles. The molecule has 0 spiro atoms. The molecule has 0 fully saturated rings. The Labute approximate surface area is 123 Å². The second-order valence-corrected chi connectivity index (χ2v) is 3.78. The normalized spacial score (nSPS) is 9.37. The fourth-order valence-corrected chi connectivity index (χ4v) is 1.43. The Kier molecular flexibility index (Phi) is 6.37. The van der Waals surface area contributed by atoms with Crippen molar-refractivity contribution in [3.63, 3.8) is 0 Å². The molecule has 0 aliphatic rings. The van der Waals surface area contributed by atoms with Crippen molar-refractivity contribution < 1.29 is 4.79 Å². The Hall–Kier alpha value is -1.73. The van der Waals surface area contributed by atoms with Gasteiger partial charge in [0.05, 0.1) is 6.20 Å². The molecule has 19 heavy (non-hydrogen) atoms. The molecular weight excluding hydrogens is 291 g/mol. The van der Waals surface area contributed by atoms with Gasteiger partial charge in [0, 0.05) is 38.5 Å². The Morgan fingerprint density at radius 3 is 2.58 bits per heavy atom. The van der Waals surface area contributed by atoms with Gasteiger partial charge < -0.3 is 11.1 Å². The molecule has 1 amide bonds. The molecule has 2 rings (SSSR count). The molecule has 0 aliphatic heterocycles. The Bertz CT molecular complexity index is 530. The highest BCUT2D eigenvalue weighted by Gasteiger charge is 2.11. The lowest BCUT2D eigenvalue weighted by molar-refractivity contribution is 0.0945. The van der Waals surface area contributed by atoms with Crippen molar-refractivity contribution in [3.05, 3.63) is 29.7 Å². The molecule has 2 aromatic rings. The zero-order valence-electron chi connectivity index (χ0n) is 10.5. The summed E-state index contributed by atoms with van der Waals surface area (Å²) in [5, 5.41) is 10.7. The second kappa shape index (κ2) is 7.01. The predicted molar refractivity (Wildman–Crippen MR) is 76.5 cm³/mol. The van der Waals surface area contributed by atoms with Crippen LogP contribution in [-0.2, 0) is 20.6 Å². The molecule has 0 aromatic carbocycles. The van der Waals surface area contributed by atoms with Crippen LogP contribution in [0.3, 0.4) is 0 Å². The summed E-state index contributed by atoms with van der Waals surface area (Å²) in [6.45, 7) is 0.420. The van der Waals surface area contributed by atoms with E-state index in [-0.39, 0.29) is 30.7 Å². The maximum absolute atomic E-state index is 11.7. The number of anilines is 1. The number of rotatable bonds is 3. The quantitative estimate of drug-likeness (QED) is 0.864. The number of nitrogens with two attached hydrogens (primary N) is 1. The third kappa shape index (κ3) is 4.15. The third-order valence-corrected chi connectivity index (χ3v) is 2.36. The van der Waals surface area contributed by atoms with E-state index in [1.54, 1.807) is 24.0 Å². The van der Waals surface area contributed by atoms with E-state index in [0.717, 1.165) is 5.56 Å². The minimum Gasteiger partial charge on any atom is -0.384 e. The van der Waals surface area contributed by atoms with Gasteiger partial charge in [0.1, 0.15) is 5.82 Å². The summed E-state index contributed by atoms with van der Waals surface area (Å²) in [4.78, 5) is 11.7. The van der Waals surface area contributed by atoms with Crippen LogP contribution in [0.5, 0.6) is 0 Å². The maximum Gasteiger partial charge on any atom is 0.272 e. The summed E-state index contributed by atoms with van der Waals surface area (Å²) in [7, 11) is 3.51. The van der Waals surface area contributed by atoms with E-state index >= 15 is 0 Å². The molecule has 3 N–H and O–H groups in total. The number of aryl methyl sites for hydroxylation is 2. The molecular formula is C10H16Cl2N6O. The van der Waals surface area contributed by atoms with E-state index in [1.165, 1.54) is 4.68 Å². The number of nitrogen functional groups attached to an aromatic ring is 1. The molecule has 0 unspecified atom stereocenters. The van der Waals surface area contributed by atoms with Crippen LogP contribution in [0.4, 0.5) is 5.82 Å². The number of carbonyl (C=O) groups is 1. The van der Waals surface area contributed by atoms with Crippen molar-refractivity contribution >= 4 is 36.5 Å². The number of hydrogen-bond acceptors (Lipinski definition) is 4. The lowest BCUT2D eigenvalue weighted by atomic mass is 10.3. The summed E-state index contributed by atoms with van der Waals surface area (Å²) in [6.07, 6.45) is 3.54. The molecule has 9 heteroatoms. The number of carbonyl (C=O) groups excluding carboxylic acids is 1. The topological polar surface area (TPSA) is 90.8 Å². The molecule has 2 heterocycles. The van der Waals surface area contributed by atoms with Crippen LogP contribution >= 0.6 is 24.8 Å². The number of nitrogens with one attached hydrogen (secondary N) is 1. The highest BCUT2D eigenvalue weighted by atomic mass is 35.5. The van der Waals surface area contributed by atoms with Gasteiger partial charge in [-0.1, -0.05) is 0 Å². The zero-order chi connectivity index (χ0) is 12.4. The molecule has 106 valence electrons. The van der Waals surface area contributed by atoms with Crippen LogP contribution in [0.25, 0.3) is 0 Å². The van der Waals surface area contributed by atoms with E-state index in [1.807, 2.05) is 13.2 Å². The average Bonchev–Trinajstić information content (AvgIpc) is 2.83. The summed E-state index contributed by atoms with van der Waals surface area (Å²) in [6, 6.07) is 1.54. The third-order valence-electron chi connectivity index (χ3n) is 2.36. The van der Waals surface area contributed by atoms with Crippen LogP contribution in [0.1, 0.15) is 16.1 Å². The summed E-state index contributed by atoms with van der Waals surface area (Å²) >= 11 is 0. The number of nitrogens with zero attached hydrogens (tertiary/aromatic N) is 4. The van der Waals surface area contributed by atoms with Gasteiger partial charge in [-0.3, -0.25) is 14.2 Å². The highest BCUT2D eigenvalue weighted by molar-refractivity contribution is 5.92. The van der Waals surface area contributed by atoms with Crippen molar-refractivity contribution in [3.8, 4) is 0 Å². The second-order valence-electron chi connectivity index (χ2n) is 3.78. The number of halogens is 2. The zero-order valence-corrected chi connectivity index (χ0v) is 12.2. The summed E-state index contributed by atoms with van der Waals surface area (Å²) < 4.78 is 3.14. The number of hydrogen-bond donors (Lipinski definition) is 2. The van der Waals surface area contributed by atoms with E-state index in [4.69, 9.17) is 5.73 Å². The van der Waals surface area contributed by atoms with Gasteiger partial charge in [0.25, 0.3) is 5.91 Å². The van der Waals surface area contributed by atoms with E-state index in [9.17, 15) is 4.79 Å². The number of amides is 1. The first kappa shape index (κ1) is 17.3. The fraction of sp³-hybridized carbons (Fsp3) is 0.300. The van der Waals surface area contributed by atoms with Crippen molar-refractivity contribution in [1.29, 1.82) is 0 Å².